The number of ether oxygens (including phenoxy) is 1. The monoisotopic (exact) mass is 214 g/mol. The van der Waals surface area contributed by atoms with E-state index in [2.05, 4.69) is 17.6 Å². The Bertz CT molecular complexity index is 197. The summed E-state index contributed by atoms with van der Waals surface area (Å²) in [5.41, 5.74) is 0. The minimum absolute atomic E-state index is 0.0580. The number of carbonyl (C=O) groups excluding carboxylic acids is 1. The van der Waals surface area contributed by atoms with E-state index in [1.807, 2.05) is 0 Å². The summed E-state index contributed by atoms with van der Waals surface area (Å²) in [6.07, 6.45) is 5.55. The third-order valence-electron chi connectivity index (χ3n) is 2.89. The van der Waals surface area contributed by atoms with Gasteiger partial charge in [-0.15, -0.1) is 0 Å². The molecule has 0 spiro atoms. The fraction of sp³-hybridized carbons (Fsp3) is 0.909. The molecule has 0 heterocycles. The van der Waals surface area contributed by atoms with Crippen LogP contribution in [0.15, 0.2) is 0 Å². The van der Waals surface area contributed by atoms with Crippen LogP contribution in [0.1, 0.15) is 39.0 Å². The Morgan fingerprint density at radius 3 is 2.93 bits per heavy atom. The van der Waals surface area contributed by atoms with E-state index in [0.717, 1.165) is 38.6 Å². The molecule has 1 rings (SSSR count). The van der Waals surface area contributed by atoms with Crippen LogP contribution in [0.5, 0.6) is 0 Å². The molecule has 0 saturated heterocycles. The Balaban J connectivity index is 2.19. The Hall–Kier alpha value is -0.770. The van der Waals surface area contributed by atoms with Crippen LogP contribution in [-0.4, -0.2) is 31.8 Å². The van der Waals surface area contributed by atoms with Crippen LogP contribution in [0.4, 0.5) is 4.79 Å². The average molecular weight is 214 g/mol. The highest BCUT2D eigenvalue weighted by Gasteiger charge is 2.28. The SMILES string of the molecule is CCCCNC(=O)NC1CCCC1OC. The zero-order valence-corrected chi connectivity index (χ0v) is 9.71. The van der Waals surface area contributed by atoms with Crippen molar-refractivity contribution in [2.45, 2.75) is 51.2 Å². The van der Waals surface area contributed by atoms with Gasteiger partial charge in [-0.2, -0.15) is 0 Å². The first kappa shape index (κ1) is 12.3. The van der Waals surface area contributed by atoms with Gasteiger partial charge in [0.1, 0.15) is 0 Å². The Labute approximate surface area is 91.8 Å². The van der Waals surface area contributed by atoms with Crippen LogP contribution in [0.2, 0.25) is 0 Å². The molecule has 0 aromatic rings. The summed E-state index contributed by atoms with van der Waals surface area (Å²) in [7, 11) is 1.71. The zero-order chi connectivity index (χ0) is 11.1. The molecular formula is C11H22N2O2. The fourth-order valence-corrected chi connectivity index (χ4v) is 1.97. The highest BCUT2D eigenvalue weighted by atomic mass is 16.5. The summed E-state index contributed by atoms with van der Waals surface area (Å²) in [5, 5.41) is 5.81. The lowest BCUT2D eigenvalue weighted by Gasteiger charge is -2.19. The van der Waals surface area contributed by atoms with Gasteiger partial charge in [0.05, 0.1) is 12.1 Å². The number of amides is 2. The molecule has 0 bridgehead atoms. The van der Waals surface area contributed by atoms with Gasteiger partial charge in [-0.25, -0.2) is 4.79 Å². The van der Waals surface area contributed by atoms with E-state index in [-0.39, 0.29) is 18.2 Å². The third-order valence-corrected chi connectivity index (χ3v) is 2.89. The summed E-state index contributed by atoms with van der Waals surface area (Å²) in [5.74, 6) is 0. The van der Waals surface area contributed by atoms with Gasteiger partial charge in [-0.1, -0.05) is 13.3 Å². The molecule has 2 N–H and O–H groups in total. The summed E-state index contributed by atoms with van der Waals surface area (Å²) in [6.45, 7) is 2.87. The largest absolute Gasteiger partial charge is 0.379 e. The Morgan fingerprint density at radius 2 is 2.27 bits per heavy atom. The molecule has 2 amide bonds. The van der Waals surface area contributed by atoms with E-state index in [4.69, 9.17) is 4.74 Å². The van der Waals surface area contributed by atoms with Gasteiger partial charge >= 0.3 is 6.03 Å². The van der Waals surface area contributed by atoms with E-state index >= 15 is 0 Å². The van der Waals surface area contributed by atoms with Gasteiger partial charge in [0.15, 0.2) is 0 Å². The fourth-order valence-electron chi connectivity index (χ4n) is 1.97. The number of methoxy groups -OCH3 is 1. The molecule has 1 fully saturated rings. The van der Waals surface area contributed by atoms with Gasteiger partial charge in [0.2, 0.25) is 0 Å². The van der Waals surface area contributed by atoms with Crippen LogP contribution in [-0.2, 0) is 4.74 Å². The first-order valence-corrected chi connectivity index (χ1v) is 5.85. The molecule has 1 saturated carbocycles. The van der Waals surface area contributed by atoms with Gasteiger partial charge in [0, 0.05) is 13.7 Å². The lowest BCUT2D eigenvalue weighted by molar-refractivity contribution is 0.0875. The second-order valence-corrected chi connectivity index (χ2v) is 4.07. The van der Waals surface area contributed by atoms with Crippen molar-refractivity contribution < 1.29 is 9.53 Å². The van der Waals surface area contributed by atoms with Gasteiger partial charge in [-0.3, -0.25) is 0 Å². The molecule has 4 nitrogen and oxygen atoms in total. The van der Waals surface area contributed by atoms with Crippen molar-refractivity contribution in [3.05, 3.63) is 0 Å². The van der Waals surface area contributed by atoms with Crippen molar-refractivity contribution in [2.24, 2.45) is 0 Å². The lowest BCUT2D eigenvalue weighted by Crippen LogP contribution is -2.46. The number of carbonyl (C=O) groups is 1. The van der Waals surface area contributed by atoms with Gasteiger partial charge < -0.3 is 15.4 Å². The van der Waals surface area contributed by atoms with Crippen molar-refractivity contribution in [3.8, 4) is 0 Å². The van der Waals surface area contributed by atoms with Crippen LogP contribution in [0.25, 0.3) is 0 Å². The summed E-state index contributed by atoms with van der Waals surface area (Å²) in [6, 6.07) is 0.133. The summed E-state index contributed by atoms with van der Waals surface area (Å²) < 4.78 is 5.31. The molecule has 2 atom stereocenters. The van der Waals surface area contributed by atoms with Crippen molar-refractivity contribution in [1.29, 1.82) is 0 Å². The van der Waals surface area contributed by atoms with E-state index in [1.165, 1.54) is 0 Å². The summed E-state index contributed by atoms with van der Waals surface area (Å²) >= 11 is 0. The predicted molar refractivity (Wildman–Crippen MR) is 59.9 cm³/mol. The Kier molecular flexibility index (Phi) is 5.47. The molecular weight excluding hydrogens is 192 g/mol. The standard InChI is InChI=1S/C11H22N2O2/c1-3-4-8-12-11(14)13-9-6-5-7-10(9)15-2/h9-10H,3-8H2,1-2H3,(H2,12,13,14). The summed E-state index contributed by atoms with van der Waals surface area (Å²) in [4.78, 5) is 11.5. The van der Waals surface area contributed by atoms with Crippen molar-refractivity contribution in [2.75, 3.05) is 13.7 Å². The lowest BCUT2D eigenvalue weighted by atomic mass is 10.2. The van der Waals surface area contributed by atoms with E-state index in [9.17, 15) is 4.79 Å². The average Bonchev–Trinajstić information content (AvgIpc) is 2.65. The highest BCUT2D eigenvalue weighted by Crippen LogP contribution is 2.21. The number of hydrogen-bond donors (Lipinski definition) is 2. The topological polar surface area (TPSA) is 50.4 Å². The maximum absolute atomic E-state index is 11.5. The normalized spacial score (nSPS) is 25.2. The molecule has 88 valence electrons. The van der Waals surface area contributed by atoms with E-state index in [0.29, 0.717) is 0 Å². The van der Waals surface area contributed by atoms with Gasteiger partial charge in [0.25, 0.3) is 0 Å². The molecule has 1 aliphatic carbocycles. The zero-order valence-electron chi connectivity index (χ0n) is 9.71. The molecule has 0 aliphatic heterocycles. The minimum Gasteiger partial charge on any atom is -0.379 e. The molecule has 0 aromatic heterocycles. The second-order valence-electron chi connectivity index (χ2n) is 4.07. The number of unbranched alkanes of at least 4 members (excludes halogenated alkanes) is 1. The number of urea groups is 1. The molecule has 0 aromatic carbocycles. The van der Waals surface area contributed by atoms with E-state index in [1.54, 1.807) is 7.11 Å². The quantitative estimate of drug-likeness (QED) is 0.684. The van der Waals surface area contributed by atoms with Crippen LogP contribution in [0, 0.1) is 0 Å². The molecule has 15 heavy (non-hydrogen) atoms. The molecule has 2 unspecified atom stereocenters. The van der Waals surface area contributed by atoms with Crippen molar-refractivity contribution in [3.63, 3.8) is 0 Å². The Morgan fingerprint density at radius 1 is 1.47 bits per heavy atom. The van der Waals surface area contributed by atoms with Crippen LogP contribution >= 0.6 is 0 Å². The maximum atomic E-state index is 11.5. The van der Waals surface area contributed by atoms with Crippen molar-refractivity contribution >= 4 is 6.03 Å². The molecule has 0 radical (unpaired) electrons. The number of hydrogen-bond acceptors (Lipinski definition) is 2. The third kappa shape index (κ3) is 4.08. The first-order valence-electron chi connectivity index (χ1n) is 5.85. The number of nitrogens with one attached hydrogen (secondary N) is 2. The number of rotatable bonds is 5. The molecule has 4 heteroatoms. The van der Waals surface area contributed by atoms with E-state index < -0.39 is 0 Å². The van der Waals surface area contributed by atoms with Crippen LogP contribution in [0.3, 0.4) is 0 Å². The first-order chi connectivity index (χ1) is 7.27. The second kappa shape index (κ2) is 6.67. The highest BCUT2D eigenvalue weighted by molar-refractivity contribution is 5.74. The predicted octanol–water partition coefficient (Wildman–Crippen LogP) is 1.65. The van der Waals surface area contributed by atoms with Crippen molar-refractivity contribution in [1.82, 2.24) is 10.6 Å². The maximum Gasteiger partial charge on any atom is 0.315 e. The van der Waals surface area contributed by atoms with Gasteiger partial charge in [-0.05, 0) is 25.7 Å². The smallest absolute Gasteiger partial charge is 0.315 e. The van der Waals surface area contributed by atoms with Crippen LogP contribution < -0.4 is 10.6 Å². The minimum atomic E-state index is -0.0580. The molecule has 1 aliphatic rings.